The molecule has 3 heteroatoms. The van der Waals surface area contributed by atoms with Crippen LogP contribution in [0.4, 0.5) is 0 Å². The van der Waals surface area contributed by atoms with Crippen LogP contribution in [0.5, 0.6) is 0 Å². The number of imidazole rings is 1. The van der Waals surface area contributed by atoms with Gasteiger partial charge in [-0.05, 0) is 50.4 Å². The molecule has 2 bridgehead atoms. The van der Waals surface area contributed by atoms with Crippen LogP contribution in [0.15, 0.2) is 12.4 Å². The summed E-state index contributed by atoms with van der Waals surface area (Å²) in [5, 5.41) is 0. The Morgan fingerprint density at radius 2 is 2.33 bits per heavy atom. The van der Waals surface area contributed by atoms with Crippen LogP contribution in [0.2, 0.25) is 0 Å². The van der Waals surface area contributed by atoms with E-state index in [4.69, 9.17) is 5.73 Å². The fraction of sp³-hybridized carbons (Fsp3) is 0.800. The molecule has 0 saturated heterocycles. The van der Waals surface area contributed by atoms with Crippen molar-refractivity contribution >= 4 is 0 Å². The number of fused-ring (bicyclic) bond motifs is 2. The standard InChI is InChI=1S/C15H25N3/c1-2-18-6-5-17-15(18)10-14(16)9-13-8-11-3-4-12(13)7-11/h5-6,11-14H,2-4,7-10,16H2,1H3. The van der Waals surface area contributed by atoms with E-state index in [9.17, 15) is 0 Å². The third-order valence-electron chi connectivity index (χ3n) is 5.08. The molecule has 2 fully saturated rings. The molecule has 0 amide bonds. The van der Waals surface area contributed by atoms with Gasteiger partial charge in [0.1, 0.15) is 5.82 Å². The van der Waals surface area contributed by atoms with Gasteiger partial charge in [0.2, 0.25) is 0 Å². The predicted octanol–water partition coefficient (Wildman–Crippen LogP) is 2.60. The Morgan fingerprint density at radius 1 is 1.44 bits per heavy atom. The van der Waals surface area contributed by atoms with Gasteiger partial charge in [0.05, 0.1) is 0 Å². The fourth-order valence-corrected chi connectivity index (χ4v) is 4.19. The lowest BCUT2D eigenvalue weighted by Gasteiger charge is -2.24. The van der Waals surface area contributed by atoms with Crippen molar-refractivity contribution in [3.05, 3.63) is 18.2 Å². The maximum absolute atomic E-state index is 6.35. The molecule has 1 aromatic heterocycles. The van der Waals surface area contributed by atoms with Crippen molar-refractivity contribution in [2.24, 2.45) is 23.5 Å². The average Bonchev–Trinajstić information content (AvgIpc) is 3.04. The quantitative estimate of drug-likeness (QED) is 0.869. The topological polar surface area (TPSA) is 43.8 Å². The zero-order valence-electron chi connectivity index (χ0n) is 11.4. The van der Waals surface area contributed by atoms with E-state index in [0.717, 1.165) is 36.5 Å². The molecule has 2 aliphatic carbocycles. The second-order valence-electron chi connectivity index (χ2n) is 6.26. The molecule has 2 saturated carbocycles. The summed E-state index contributed by atoms with van der Waals surface area (Å²) in [5.41, 5.74) is 6.35. The van der Waals surface area contributed by atoms with E-state index in [2.05, 4.69) is 22.7 Å². The van der Waals surface area contributed by atoms with Gasteiger partial charge in [-0.15, -0.1) is 0 Å². The second-order valence-corrected chi connectivity index (χ2v) is 6.26. The molecule has 100 valence electrons. The minimum absolute atomic E-state index is 0.294. The lowest BCUT2D eigenvalue weighted by atomic mass is 9.84. The van der Waals surface area contributed by atoms with Crippen LogP contribution >= 0.6 is 0 Å². The highest BCUT2D eigenvalue weighted by molar-refractivity contribution is 4.97. The molecule has 3 rings (SSSR count). The van der Waals surface area contributed by atoms with Gasteiger partial charge in [0, 0.05) is 31.4 Å². The van der Waals surface area contributed by atoms with Crippen molar-refractivity contribution in [3.63, 3.8) is 0 Å². The monoisotopic (exact) mass is 247 g/mol. The Kier molecular flexibility index (Phi) is 3.42. The second kappa shape index (κ2) is 5.04. The molecule has 1 heterocycles. The average molecular weight is 247 g/mol. The van der Waals surface area contributed by atoms with Crippen LogP contribution in [-0.4, -0.2) is 15.6 Å². The van der Waals surface area contributed by atoms with Gasteiger partial charge in [-0.3, -0.25) is 0 Å². The van der Waals surface area contributed by atoms with Gasteiger partial charge in [-0.25, -0.2) is 4.98 Å². The summed E-state index contributed by atoms with van der Waals surface area (Å²) in [4.78, 5) is 4.43. The summed E-state index contributed by atoms with van der Waals surface area (Å²) in [5.74, 6) is 4.09. The zero-order valence-corrected chi connectivity index (χ0v) is 11.4. The third-order valence-corrected chi connectivity index (χ3v) is 5.08. The normalized spacial score (nSPS) is 32.0. The van der Waals surface area contributed by atoms with Crippen molar-refractivity contribution in [3.8, 4) is 0 Å². The van der Waals surface area contributed by atoms with Gasteiger partial charge in [0.25, 0.3) is 0 Å². The maximum Gasteiger partial charge on any atom is 0.110 e. The summed E-state index contributed by atoms with van der Waals surface area (Å²) in [7, 11) is 0. The van der Waals surface area contributed by atoms with E-state index in [-0.39, 0.29) is 0 Å². The number of rotatable bonds is 5. The summed E-state index contributed by atoms with van der Waals surface area (Å²) in [6.45, 7) is 3.16. The number of nitrogens with two attached hydrogens (primary N) is 1. The minimum atomic E-state index is 0.294. The third kappa shape index (κ3) is 2.33. The highest BCUT2D eigenvalue weighted by atomic mass is 15.1. The smallest absolute Gasteiger partial charge is 0.110 e. The van der Waals surface area contributed by atoms with Gasteiger partial charge in [-0.1, -0.05) is 6.42 Å². The molecule has 0 spiro atoms. The molecule has 2 aliphatic rings. The largest absolute Gasteiger partial charge is 0.335 e. The molecule has 0 radical (unpaired) electrons. The molecule has 4 atom stereocenters. The number of hydrogen-bond acceptors (Lipinski definition) is 2. The highest BCUT2D eigenvalue weighted by Gasteiger charge is 2.39. The number of aromatic nitrogens is 2. The first-order valence-electron chi connectivity index (χ1n) is 7.51. The van der Waals surface area contributed by atoms with Crippen LogP contribution < -0.4 is 5.73 Å². The van der Waals surface area contributed by atoms with Gasteiger partial charge in [-0.2, -0.15) is 0 Å². The molecule has 4 unspecified atom stereocenters. The summed E-state index contributed by atoms with van der Waals surface area (Å²) in [6.07, 6.45) is 12.0. The Bertz CT molecular complexity index is 398. The van der Waals surface area contributed by atoms with Crippen LogP contribution in [-0.2, 0) is 13.0 Å². The number of aryl methyl sites for hydroxylation is 1. The van der Waals surface area contributed by atoms with Gasteiger partial charge >= 0.3 is 0 Å². The molecular weight excluding hydrogens is 222 g/mol. The molecular formula is C15H25N3. The highest BCUT2D eigenvalue weighted by Crippen LogP contribution is 2.49. The van der Waals surface area contributed by atoms with Crippen molar-refractivity contribution in [1.82, 2.24) is 9.55 Å². The van der Waals surface area contributed by atoms with E-state index in [1.54, 1.807) is 0 Å². The molecule has 1 aromatic rings. The first-order chi connectivity index (χ1) is 8.76. The van der Waals surface area contributed by atoms with E-state index in [1.807, 2.05) is 6.20 Å². The van der Waals surface area contributed by atoms with Crippen LogP contribution in [0.1, 0.15) is 44.9 Å². The molecule has 3 nitrogen and oxygen atoms in total. The molecule has 0 aliphatic heterocycles. The van der Waals surface area contributed by atoms with E-state index < -0.39 is 0 Å². The van der Waals surface area contributed by atoms with Crippen molar-refractivity contribution in [1.29, 1.82) is 0 Å². The van der Waals surface area contributed by atoms with E-state index in [0.29, 0.717) is 6.04 Å². The first kappa shape index (κ1) is 12.2. The number of nitrogens with zero attached hydrogens (tertiary/aromatic N) is 2. The summed E-state index contributed by atoms with van der Waals surface area (Å²) < 4.78 is 2.21. The fourth-order valence-electron chi connectivity index (χ4n) is 4.19. The van der Waals surface area contributed by atoms with Crippen LogP contribution in [0.25, 0.3) is 0 Å². The molecule has 2 N–H and O–H groups in total. The summed E-state index contributed by atoms with van der Waals surface area (Å²) in [6, 6.07) is 0.294. The Balaban J connectivity index is 1.54. The first-order valence-corrected chi connectivity index (χ1v) is 7.51. The SMILES string of the molecule is CCn1ccnc1CC(N)CC1CC2CCC1C2. The zero-order chi connectivity index (χ0) is 12.5. The molecule has 0 aromatic carbocycles. The van der Waals surface area contributed by atoms with E-state index >= 15 is 0 Å². The van der Waals surface area contributed by atoms with Crippen LogP contribution in [0, 0.1) is 17.8 Å². The Morgan fingerprint density at radius 3 is 3.00 bits per heavy atom. The van der Waals surface area contributed by atoms with Crippen molar-refractivity contribution < 1.29 is 0 Å². The van der Waals surface area contributed by atoms with Gasteiger partial charge < -0.3 is 10.3 Å². The minimum Gasteiger partial charge on any atom is -0.335 e. The van der Waals surface area contributed by atoms with Crippen molar-refractivity contribution in [2.75, 3.05) is 0 Å². The Labute approximate surface area is 110 Å². The number of hydrogen-bond donors (Lipinski definition) is 1. The lowest BCUT2D eigenvalue weighted by Crippen LogP contribution is -2.29. The lowest BCUT2D eigenvalue weighted by molar-refractivity contribution is 0.292. The maximum atomic E-state index is 6.35. The van der Waals surface area contributed by atoms with Gasteiger partial charge in [0.15, 0.2) is 0 Å². The van der Waals surface area contributed by atoms with E-state index in [1.165, 1.54) is 32.1 Å². The molecule has 18 heavy (non-hydrogen) atoms. The van der Waals surface area contributed by atoms with Crippen LogP contribution in [0.3, 0.4) is 0 Å². The summed E-state index contributed by atoms with van der Waals surface area (Å²) >= 11 is 0. The Hall–Kier alpha value is -0.830. The van der Waals surface area contributed by atoms with Crippen molar-refractivity contribution in [2.45, 2.75) is 58.0 Å². The predicted molar refractivity (Wildman–Crippen MR) is 73.1 cm³/mol.